The summed E-state index contributed by atoms with van der Waals surface area (Å²) in [5.74, 6) is -2.35. The van der Waals surface area contributed by atoms with Crippen LogP contribution in [0.15, 0.2) is 52.5 Å². The van der Waals surface area contributed by atoms with E-state index >= 15 is 0 Å². The van der Waals surface area contributed by atoms with E-state index in [1.807, 2.05) is 17.5 Å². The average molecular weight is 338 g/mol. The van der Waals surface area contributed by atoms with E-state index in [-0.39, 0.29) is 11.5 Å². The van der Waals surface area contributed by atoms with Crippen molar-refractivity contribution in [2.75, 3.05) is 5.32 Å². The van der Waals surface area contributed by atoms with Gasteiger partial charge in [0.1, 0.15) is 5.82 Å². The van der Waals surface area contributed by atoms with Gasteiger partial charge in [-0.25, -0.2) is 4.98 Å². The molecule has 1 N–H and O–H groups in total. The van der Waals surface area contributed by atoms with Crippen LogP contribution in [-0.4, -0.2) is 21.8 Å². The van der Waals surface area contributed by atoms with Gasteiger partial charge in [-0.3, -0.25) is 9.59 Å². The molecule has 0 aliphatic heterocycles. The molecule has 0 unspecified atom stereocenters. The summed E-state index contributed by atoms with van der Waals surface area (Å²) in [5, 5.41) is 17.1. The lowest BCUT2D eigenvalue weighted by molar-refractivity contribution is -0.117. The quantitative estimate of drug-likeness (QED) is 0.566. The van der Waals surface area contributed by atoms with E-state index in [0.717, 1.165) is 4.88 Å². The second-order valence-corrected chi connectivity index (χ2v) is 5.63. The number of carbonyl (C=O) groups excluding carboxylic acids is 2. The second-order valence-electron chi connectivity index (χ2n) is 4.68. The normalized spacial score (nSPS) is 11.5. The molecule has 0 spiro atoms. The van der Waals surface area contributed by atoms with Gasteiger partial charge in [0.05, 0.1) is 10.9 Å². The van der Waals surface area contributed by atoms with Gasteiger partial charge in [-0.2, -0.15) is 5.26 Å². The van der Waals surface area contributed by atoms with Crippen LogP contribution in [-0.2, 0) is 4.79 Å². The summed E-state index contributed by atoms with van der Waals surface area (Å²) in [6.45, 7) is 0. The zero-order valence-electron chi connectivity index (χ0n) is 12.2. The van der Waals surface area contributed by atoms with E-state index in [9.17, 15) is 14.9 Å². The lowest BCUT2D eigenvalue weighted by Crippen LogP contribution is -2.29. The summed E-state index contributed by atoms with van der Waals surface area (Å²) in [5.41, 5.74) is -0.0684. The lowest BCUT2D eigenvalue weighted by Gasteiger charge is -2.07. The largest absolute Gasteiger partial charge is 0.355 e. The molecule has 3 aromatic heterocycles. The predicted octanol–water partition coefficient (Wildman–Crippen LogP) is 2.76. The number of nitrogens with one attached hydrogen (secondary N) is 1. The fourth-order valence-electron chi connectivity index (χ4n) is 1.95. The summed E-state index contributed by atoms with van der Waals surface area (Å²) in [6.07, 6.45) is 1.49. The number of pyridine rings is 1. The Bertz CT molecular complexity index is 897. The molecule has 0 radical (unpaired) electrons. The highest BCUT2D eigenvalue weighted by atomic mass is 32.1. The van der Waals surface area contributed by atoms with E-state index in [4.69, 9.17) is 4.52 Å². The highest BCUT2D eigenvalue weighted by Gasteiger charge is 2.30. The summed E-state index contributed by atoms with van der Waals surface area (Å²) < 4.78 is 5.11. The monoisotopic (exact) mass is 338 g/mol. The highest BCUT2D eigenvalue weighted by Crippen LogP contribution is 2.26. The van der Waals surface area contributed by atoms with Gasteiger partial charge in [0.25, 0.3) is 5.91 Å². The zero-order valence-corrected chi connectivity index (χ0v) is 13.0. The molecule has 24 heavy (non-hydrogen) atoms. The third-order valence-electron chi connectivity index (χ3n) is 3.10. The Labute approximate surface area is 140 Å². The Balaban J connectivity index is 1.77. The maximum absolute atomic E-state index is 12.4. The molecule has 0 aliphatic carbocycles. The molecule has 3 heterocycles. The highest BCUT2D eigenvalue weighted by molar-refractivity contribution is 7.13. The van der Waals surface area contributed by atoms with Crippen molar-refractivity contribution in [3.8, 4) is 16.7 Å². The van der Waals surface area contributed by atoms with Crippen molar-refractivity contribution in [3.63, 3.8) is 0 Å². The minimum absolute atomic E-state index is 0.0684. The van der Waals surface area contributed by atoms with Crippen LogP contribution >= 0.6 is 11.3 Å². The molecule has 1 atom stereocenters. The number of carbonyl (C=O) groups is 2. The molecular formula is C16H10N4O3S. The number of hydrogen-bond donors (Lipinski definition) is 1. The molecule has 0 saturated carbocycles. The van der Waals surface area contributed by atoms with Crippen molar-refractivity contribution >= 4 is 28.8 Å². The van der Waals surface area contributed by atoms with Crippen LogP contribution in [0, 0.1) is 17.2 Å². The van der Waals surface area contributed by atoms with Crippen LogP contribution in [0.3, 0.4) is 0 Å². The van der Waals surface area contributed by atoms with E-state index in [1.165, 1.54) is 23.6 Å². The van der Waals surface area contributed by atoms with Crippen molar-refractivity contribution in [2.45, 2.75) is 0 Å². The minimum atomic E-state index is -1.53. The van der Waals surface area contributed by atoms with Crippen molar-refractivity contribution in [3.05, 3.63) is 53.7 Å². The maximum Gasteiger partial charge on any atom is 0.250 e. The smallest absolute Gasteiger partial charge is 0.250 e. The van der Waals surface area contributed by atoms with Gasteiger partial charge >= 0.3 is 0 Å². The van der Waals surface area contributed by atoms with Crippen molar-refractivity contribution < 1.29 is 14.1 Å². The van der Waals surface area contributed by atoms with Crippen LogP contribution in [0.2, 0.25) is 0 Å². The first-order valence-electron chi connectivity index (χ1n) is 6.85. The number of Topliss-reactive ketones (excluding diaryl/α,β-unsaturated/α-hetero) is 1. The first kappa shape index (κ1) is 15.6. The summed E-state index contributed by atoms with van der Waals surface area (Å²) in [7, 11) is 0. The van der Waals surface area contributed by atoms with Crippen LogP contribution in [0.4, 0.5) is 5.82 Å². The van der Waals surface area contributed by atoms with Crippen LogP contribution in [0.1, 0.15) is 10.5 Å². The molecule has 3 aromatic rings. The molecule has 118 valence electrons. The molecule has 3 rings (SSSR count). The summed E-state index contributed by atoms with van der Waals surface area (Å²) in [6, 6.07) is 11.7. The lowest BCUT2D eigenvalue weighted by atomic mass is 10.0. The van der Waals surface area contributed by atoms with Gasteiger partial charge in [0.15, 0.2) is 17.4 Å². The van der Waals surface area contributed by atoms with Gasteiger partial charge in [0.2, 0.25) is 5.78 Å². The average Bonchev–Trinajstić information content (AvgIpc) is 3.28. The van der Waals surface area contributed by atoms with E-state index in [0.29, 0.717) is 5.76 Å². The number of thiophene rings is 1. The van der Waals surface area contributed by atoms with Gasteiger partial charge in [-0.05, 0) is 23.6 Å². The Morgan fingerprint density at radius 3 is 2.83 bits per heavy atom. The predicted molar refractivity (Wildman–Crippen MR) is 86.1 cm³/mol. The van der Waals surface area contributed by atoms with Crippen molar-refractivity contribution in [2.24, 2.45) is 5.92 Å². The number of aromatic nitrogens is 2. The molecule has 0 aliphatic rings. The Hall–Kier alpha value is -3.31. The Morgan fingerprint density at radius 1 is 1.29 bits per heavy atom. The fraction of sp³-hybridized carbons (Fsp3) is 0.0625. The van der Waals surface area contributed by atoms with Crippen molar-refractivity contribution in [1.82, 2.24) is 10.1 Å². The van der Waals surface area contributed by atoms with E-state index in [1.54, 1.807) is 24.3 Å². The van der Waals surface area contributed by atoms with Gasteiger partial charge < -0.3 is 9.84 Å². The molecule has 0 aromatic carbocycles. The maximum atomic E-state index is 12.4. The van der Waals surface area contributed by atoms with Crippen LogP contribution in [0.25, 0.3) is 10.6 Å². The number of ketones is 1. The summed E-state index contributed by atoms with van der Waals surface area (Å²) in [4.78, 5) is 29.2. The number of anilines is 1. The number of nitrogens with zero attached hydrogens (tertiary/aromatic N) is 3. The standard InChI is InChI=1S/C16H10N4O3S/c17-9-10(16(22)19-14-5-1-2-6-18-14)15(21)11-8-12(23-20-11)13-4-3-7-24-13/h1-8,10H,(H,18,19,22)/t10-/m1/s1. The Morgan fingerprint density at radius 2 is 2.17 bits per heavy atom. The van der Waals surface area contributed by atoms with Crippen molar-refractivity contribution in [1.29, 1.82) is 5.26 Å². The molecule has 7 nitrogen and oxygen atoms in total. The van der Waals surface area contributed by atoms with E-state index < -0.39 is 17.6 Å². The molecular weight excluding hydrogens is 328 g/mol. The molecule has 0 fully saturated rings. The zero-order chi connectivity index (χ0) is 16.9. The minimum Gasteiger partial charge on any atom is -0.355 e. The number of nitriles is 1. The number of rotatable bonds is 5. The first-order valence-corrected chi connectivity index (χ1v) is 7.73. The number of hydrogen-bond acceptors (Lipinski definition) is 7. The molecule has 8 heteroatoms. The van der Waals surface area contributed by atoms with E-state index in [2.05, 4.69) is 15.5 Å². The Kier molecular flexibility index (Phi) is 4.45. The van der Waals surface area contributed by atoms with Gasteiger partial charge in [-0.15, -0.1) is 11.3 Å². The summed E-state index contributed by atoms with van der Waals surface area (Å²) >= 11 is 1.43. The molecule has 0 bridgehead atoms. The first-order chi connectivity index (χ1) is 11.7. The van der Waals surface area contributed by atoms with Gasteiger partial charge in [-0.1, -0.05) is 17.3 Å². The topological polar surface area (TPSA) is 109 Å². The number of amides is 1. The second kappa shape index (κ2) is 6.85. The SMILES string of the molecule is N#C[C@@H](C(=O)Nc1ccccn1)C(=O)c1cc(-c2cccs2)on1. The third kappa shape index (κ3) is 3.21. The van der Waals surface area contributed by atoms with Crippen LogP contribution < -0.4 is 5.32 Å². The molecule has 1 amide bonds. The van der Waals surface area contributed by atoms with Gasteiger partial charge in [0, 0.05) is 12.3 Å². The molecule has 0 saturated heterocycles. The van der Waals surface area contributed by atoms with Crippen LogP contribution in [0.5, 0.6) is 0 Å². The third-order valence-corrected chi connectivity index (χ3v) is 3.98. The fourth-order valence-corrected chi connectivity index (χ4v) is 2.62.